The average molecular weight is 227 g/mol. The van der Waals surface area contributed by atoms with Crippen LogP contribution in [0.1, 0.15) is 19.8 Å². The van der Waals surface area contributed by atoms with Gasteiger partial charge in [-0.3, -0.25) is 0 Å². The molecule has 0 aliphatic carbocycles. The summed E-state index contributed by atoms with van der Waals surface area (Å²) in [6.45, 7) is 8.59. The van der Waals surface area contributed by atoms with Crippen molar-refractivity contribution in [1.82, 2.24) is 15.1 Å². The molecule has 0 aromatic rings. The van der Waals surface area contributed by atoms with Crippen molar-refractivity contribution in [3.8, 4) is 0 Å². The summed E-state index contributed by atoms with van der Waals surface area (Å²) >= 11 is 0. The number of hydrogen-bond acceptors (Lipinski definition) is 3. The van der Waals surface area contributed by atoms with Crippen LogP contribution in [0.3, 0.4) is 0 Å². The molecule has 0 amide bonds. The predicted molar refractivity (Wildman–Crippen MR) is 70.8 cm³/mol. The standard InChI is InChI=1S/C13H29N3/c1-12(9-14-2)10-16-7-5-13(6-8-16)11-15(3)4/h12-14H,5-11H2,1-4H3. The fraction of sp³-hybridized carbons (Fsp3) is 1.00. The molecule has 1 N–H and O–H groups in total. The zero-order chi connectivity index (χ0) is 12.0. The molecule has 1 unspecified atom stereocenters. The van der Waals surface area contributed by atoms with Gasteiger partial charge in [0.25, 0.3) is 0 Å². The second-order valence-electron chi connectivity index (χ2n) is 5.67. The van der Waals surface area contributed by atoms with Crippen LogP contribution in [0.5, 0.6) is 0 Å². The first-order valence-corrected chi connectivity index (χ1v) is 6.63. The number of likely N-dealkylation sites (tertiary alicyclic amines) is 1. The third-order valence-corrected chi connectivity index (χ3v) is 3.45. The summed E-state index contributed by atoms with van der Waals surface area (Å²) in [5.41, 5.74) is 0. The molecule has 1 heterocycles. The first-order valence-electron chi connectivity index (χ1n) is 6.63. The van der Waals surface area contributed by atoms with Gasteiger partial charge in [0.2, 0.25) is 0 Å². The van der Waals surface area contributed by atoms with Crippen molar-refractivity contribution in [2.24, 2.45) is 11.8 Å². The van der Waals surface area contributed by atoms with Crippen LogP contribution >= 0.6 is 0 Å². The van der Waals surface area contributed by atoms with Gasteiger partial charge in [-0.05, 0) is 65.5 Å². The first kappa shape index (κ1) is 13.9. The van der Waals surface area contributed by atoms with Gasteiger partial charge in [0.05, 0.1) is 0 Å². The summed E-state index contributed by atoms with van der Waals surface area (Å²) in [4.78, 5) is 4.96. The lowest BCUT2D eigenvalue weighted by Gasteiger charge is -2.34. The molecule has 0 aromatic heterocycles. The molecule has 0 radical (unpaired) electrons. The number of nitrogens with one attached hydrogen (secondary N) is 1. The number of rotatable bonds is 6. The maximum atomic E-state index is 3.26. The fourth-order valence-corrected chi connectivity index (χ4v) is 2.72. The van der Waals surface area contributed by atoms with E-state index < -0.39 is 0 Å². The van der Waals surface area contributed by atoms with Gasteiger partial charge >= 0.3 is 0 Å². The lowest BCUT2D eigenvalue weighted by atomic mass is 9.95. The van der Waals surface area contributed by atoms with Crippen LogP contribution in [0.2, 0.25) is 0 Å². The van der Waals surface area contributed by atoms with Gasteiger partial charge in [-0.1, -0.05) is 6.92 Å². The fourth-order valence-electron chi connectivity index (χ4n) is 2.72. The molecule has 1 atom stereocenters. The Morgan fingerprint density at radius 1 is 1.31 bits per heavy atom. The van der Waals surface area contributed by atoms with E-state index in [1.807, 2.05) is 7.05 Å². The molecule has 16 heavy (non-hydrogen) atoms. The second-order valence-corrected chi connectivity index (χ2v) is 5.67. The molecule has 1 aliphatic heterocycles. The van der Waals surface area contributed by atoms with Gasteiger partial charge in [-0.2, -0.15) is 0 Å². The van der Waals surface area contributed by atoms with Crippen molar-refractivity contribution in [2.75, 3.05) is 53.9 Å². The molecule has 1 fully saturated rings. The molecule has 0 spiro atoms. The van der Waals surface area contributed by atoms with E-state index in [-0.39, 0.29) is 0 Å². The number of piperidine rings is 1. The largest absolute Gasteiger partial charge is 0.319 e. The smallest absolute Gasteiger partial charge is 0.00191 e. The van der Waals surface area contributed by atoms with Crippen molar-refractivity contribution in [3.05, 3.63) is 0 Å². The van der Waals surface area contributed by atoms with E-state index >= 15 is 0 Å². The van der Waals surface area contributed by atoms with E-state index in [0.717, 1.165) is 18.4 Å². The Labute approximate surface area is 101 Å². The van der Waals surface area contributed by atoms with Crippen LogP contribution in [-0.2, 0) is 0 Å². The third-order valence-electron chi connectivity index (χ3n) is 3.45. The highest BCUT2D eigenvalue weighted by atomic mass is 15.1. The van der Waals surface area contributed by atoms with Crippen LogP contribution in [0.25, 0.3) is 0 Å². The molecule has 3 heteroatoms. The summed E-state index contributed by atoms with van der Waals surface area (Å²) in [5.74, 6) is 1.70. The molecule has 1 saturated heterocycles. The van der Waals surface area contributed by atoms with Crippen LogP contribution in [0, 0.1) is 11.8 Å². The van der Waals surface area contributed by atoms with Crippen molar-refractivity contribution in [1.29, 1.82) is 0 Å². The number of nitrogens with zero attached hydrogens (tertiary/aromatic N) is 2. The summed E-state index contributed by atoms with van der Waals surface area (Å²) in [5, 5.41) is 3.26. The quantitative estimate of drug-likeness (QED) is 0.733. The van der Waals surface area contributed by atoms with Crippen LogP contribution in [0.15, 0.2) is 0 Å². The molecule has 3 nitrogen and oxygen atoms in total. The van der Waals surface area contributed by atoms with Gasteiger partial charge in [-0.15, -0.1) is 0 Å². The van der Waals surface area contributed by atoms with Crippen LogP contribution in [0.4, 0.5) is 0 Å². The summed E-state index contributed by atoms with van der Waals surface area (Å²) < 4.78 is 0. The highest BCUT2D eigenvalue weighted by Gasteiger charge is 2.20. The van der Waals surface area contributed by atoms with Crippen LogP contribution < -0.4 is 5.32 Å². The predicted octanol–water partition coefficient (Wildman–Crippen LogP) is 1.12. The lowest BCUT2D eigenvalue weighted by Crippen LogP contribution is -2.40. The maximum absolute atomic E-state index is 3.26. The van der Waals surface area contributed by atoms with E-state index in [4.69, 9.17) is 0 Å². The minimum Gasteiger partial charge on any atom is -0.319 e. The third kappa shape index (κ3) is 5.28. The Kier molecular flexibility index (Phi) is 6.32. The molecular formula is C13H29N3. The van der Waals surface area contributed by atoms with Gasteiger partial charge < -0.3 is 15.1 Å². The summed E-state index contributed by atoms with van der Waals surface area (Å²) in [6.07, 6.45) is 2.76. The Bertz CT molecular complexity index is 174. The maximum Gasteiger partial charge on any atom is 0.00191 e. The molecular weight excluding hydrogens is 198 g/mol. The van der Waals surface area contributed by atoms with Gasteiger partial charge in [-0.25, -0.2) is 0 Å². The number of hydrogen-bond donors (Lipinski definition) is 1. The lowest BCUT2D eigenvalue weighted by molar-refractivity contribution is 0.147. The van der Waals surface area contributed by atoms with Crippen molar-refractivity contribution >= 4 is 0 Å². The van der Waals surface area contributed by atoms with Gasteiger partial charge in [0, 0.05) is 13.1 Å². The average Bonchev–Trinajstić information content (AvgIpc) is 2.20. The van der Waals surface area contributed by atoms with Crippen molar-refractivity contribution in [3.63, 3.8) is 0 Å². The molecule has 0 saturated carbocycles. The minimum absolute atomic E-state index is 0.774. The monoisotopic (exact) mass is 227 g/mol. The Hall–Kier alpha value is -0.120. The van der Waals surface area contributed by atoms with E-state index in [2.05, 4.69) is 36.1 Å². The van der Waals surface area contributed by atoms with Crippen molar-refractivity contribution in [2.45, 2.75) is 19.8 Å². The topological polar surface area (TPSA) is 18.5 Å². The summed E-state index contributed by atoms with van der Waals surface area (Å²) in [6, 6.07) is 0. The Balaban J connectivity index is 2.16. The van der Waals surface area contributed by atoms with E-state index in [1.165, 1.54) is 39.0 Å². The summed E-state index contributed by atoms with van der Waals surface area (Å²) in [7, 11) is 6.41. The molecule has 0 bridgehead atoms. The molecule has 1 rings (SSSR count). The molecule has 1 aliphatic rings. The van der Waals surface area contributed by atoms with E-state index in [9.17, 15) is 0 Å². The second kappa shape index (κ2) is 7.25. The van der Waals surface area contributed by atoms with E-state index in [0.29, 0.717) is 0 Å². The van der Waals surface area contributed by atoms with Gasteiger partial charge in [0.1, 0.15) is 0 Å². The molecule has 96 valence electrons. The minimum atomic E-state index is 0.774. The first-order chi connectivity index (χ1) is 7.61. The Morgan fingerprint density at radius 2 is 1.94 bits per heavy atom. The SMILES string of the molecule is CNCC(C)CN1CCC(CN(C)C)CC1. The Morgan fingerprint density at radius 3 is 2.44 bits per heavy atom. The van der Waals surface area contributed by atoms with Crippen LogP contribution in [-0.4, -0.2) is 63.7 Å². The van der Waals surface area contributed by atoms with Crippen molar-refractivity contribution < 1.29 is 0 Å². The normalized spacial score (nSPS) is 21.6. The zero-order valence-corrected chi connectivity index (χ0v) is 11.5. The zero-order valence-electron chi connectivity index (χ0n) is 11.5. The highest BCUT2D eigenvalue weighted by Crippen LogP contribution is 2.18. The molecule has 0 aromatic carbocycles. The van der Waals surface area contributed by atoms with Gasteiger partial charge in [0.15, 0.2) is 0 Å². The van der Waals surface area contributed by atoms with E-state index in [1.54, 1.807) is 0 Å². The highest BCUT2D eigenvalue weighted by molar-refractivity contribution is 4.75.